The number of hydrogen-bond donors (Lipinski definition) is 2. The first-order valence-electron chi connectivity index (χ1n) is 9.79. The highest BCUT2D eigenvalue weighted by atomic mass is 31.2. The Bertz CT molecular complexity index is 411. The Labute approximate surface area is 155 Å². The molecular weight excluding hydrogens is 339 g/mol. The summed E-state index contributed by atoms with van der Waals surface area (Å²) >= 11 is 0. The molecule has 3 atom stereocenters. The largest absolute Gasteiger partial charge is 1.00 e. The fourth-order valence-electron chi connectivity index (χ4n) is 2.69. The highest BCUT2D eigenvalue weighted by Crippen LogP contribution is 2.51. The van der Waals surface area contributed by atoms with E-state index in [2.05, 4.69) is 32.9 Å². The fraction of sp³-hybridized carbons (Fsp3) is 0.944. The summed E-state index contributed by atoms with van der Waals surface area (Å²) in [5.41, 5.74) is 5.47. The van der Waals surface area contributed by atoms with E-state index < -0.39 is 7.60 Å². The van der Waals surface area contributed by atoms with Crippen LogP contribution in [0.25, 0.3) is 0 Å². The van der Waals surface area contributed by atoms with E-state index in [1.54, 1.807) is 0 Å². The van der Waals surface area contributed by atoms with Crippen LogP contribution in [0.15, 0.2) is 5.16 Å². The number of nitrogens with zero attached hydrogens (tertiary/aromatic N) is 1. The summed E-state index contributed by atoms with van der Waals surface area (Å²) in [7, 11) is -3.27. The van der Waals surface area contributed by atoms with E-state index >= 15 is 0 Å². The van der Waals surface area contributed by atoms with Crippen molar-refractivity contribution in [2.24, 2.45) is 22.7 Å². The van der Waals surface area contributed by atoms with Crippen molar-refractivity contribution in [1.29, 1.82) is 0 Å². The fourth-order valence-corrected chi connectivity index (χ4v) is 4.81. The van der Waals surface area contributed by atoms with Gasteiger partial charge in [-0.3, -0.25) is 4.57 Å². The molecule has 0 radical (unpaired) electrons. The van der Waals surface area contributed by atoms with Crippen molar-refractivity contribution in [2.45, 2.75) is 79.1 Å². The summed E-state index contributed by atoms with van der Waals surface area (Å²) in [6.45, 7) is 8.81. The van der Waals surface area contributed by atoms with Gasteiger partial charge >= 0.3 is 9.02 Å². The van der Waals surface area contributed by atoms with Gasteiger partial charge in [0.2, 0.25) is 0 Å². The van der Waals surface area contributed by atoms with Crippen molar-refractivity contribution in [3.05, 3.63) is 0 Å². The zero-order valence-corrected chi connectivity index (χ0v) is 17.5. The van der Waals surface area contributed by atoms with Crippen molar-refractivity contribution >= 4 is 13.4 Å². The van der Waals surface area contributed by atoms with Crippen molar-refractivity contribution in [1.82, 2.24) is 0 Å². The summed E-state index contributed by atoms with van der Waals surface area (Å²) in [5.74, 6) is 0.591. The van der Waals surface area contributed by atoms with E-state index in [1.165, 1.54) is 0 Å². The molecule has 0 fully saturated rings. The molecule has 0 aromatic heterocycles. The number of unbranched alkanes of at least 4 members (excludes halogenated alkanes) is 2. The third-order valence-corrected chi connectivity index (χ3v) is 6.64. The molecule has 0 aromatic carbocycles. The second-order valence-corrected chi connectivity index (χ2v) is 8.89. The molecule has 25 heavy (non-hydrogen) atoms. The van der Waals surface area contributed by atoms with Crippen molar-refractivity contribution in [2.75, 3.05) is 19.4 Å². The lowest BCUT2D eigenvalue weighted by Gasteiger charge is -2.25. The van der Waals surface area contributed by atoms with Crippen LogP contribution in [-0.2, 0) is 13.6 Å². The van der Waals surface area contributed by atoms with Gasteiger partial charge in [-0.1, -0.05) is 71.4 Å². The van der Waals surface area contributed by atoms with Gasteiger partial charge in [0, 0.05) is 0 Å². The predicted octanol–water partition coefficient (Wildman–Crippen LogP) is 5.50. The maximum Gasteiger partial charge on any atom is 1.00 e. The van der Waals surface area contributed by atoms with Crippen molar-refractivity contribution in [3.63, 3.8) is 0 Å². The molecule has 6 nitrogen and oxygen atoms in total. The third-order valence-electron chi connectivity index (χ3n) is 4.61. The Kier molecular flexibility index (Phi) is 14.2. The average Bonchev–Trinajstić information content (AvgIpc) is 2.63. The molecule has 0 aliphatic carbocycles. The van der Waals surface area contributed by atoms with Crippen molar-refractivity contribution in [3.8, 4) is 0 Å². The lowest BCUT2D eigenvalue weighted by molar-refractivity contribution is 0.178. The molecule has 0 saturated carbocycles. The molecule has 0 rings (SSSR count). The van der Waals surface area contributed by atoms with E-state index in [4.69, 9.17) is 20.0 Å². The van der Waals surface area contributed by atoms with E-state index in [1.807, 2.05) is 0 Å². The van der Waals surface area contributed by atoms with Gasteiger partial charge in [-0.05, 0) is 24.7 Å². The van der Waals surface area contributed by atoms with Crippen LogP contribution in [0.5, 0.6) is 0 Å². The van der Waals surface area contributed by atoms with Crippen LogP contribution in [0.1, 0.15) is 80.5 Å². The zero-order chi connectivity index (χ0) is 19.1. The Hall–Kier alpha value is -0.580. The van der Waals surface area contributed by atoms with Crippen LogP contribution < -0.4 is 5.73 Å². The lowest BCUT2D eigenvalue weighted by Crippen LogP contribution is -2.21. The molecular formula is C18H40N2O4P+. The Balaban J connectivity index is 0. The monoisotopic (exact) mass is 379 g/mol. The van der Waals surface area contributed by atoms with Crippen LogP contribution >= 0.6 is 7.60 Å². The zero-order valence-electron chi connectivity index (χ0n) is 17.6. The minimum absolute atomic E-state index is 0. The molecule has 0 spiro atoms. The molecule has 0 bridgehead atoms. The van der Waals surface area contributed by atoms with E-state index in [9.17, 15) is 4.57 Å². The molecule has 3 N–H and O–H groups in total. The maximum absolute atomic E-state index is 13.2. The molecule has 3 unspecified atom stereocenters. The quantitative estimate of drug-likeness (QED) is 0.121. The summed E-state index contributed by atoms with van der Waals surface area (Å²) < 4.78 is 24.6. The standard InChI is InChI=1S/C18H39N2O4P/c1-5-9-11-16(7-3)13-23-25(22,24-14-18(19)20-21)15-17(8-4)12-10-6-2/h16-17,21H,5-15H2,1-4H3,(H2,19,20)/p+1. The molecule has 0 aromatic rings. The van der Waals surface area contributed by atoms with Crippen LogP contribution in [0.4, 0.5) is 0 Å². The first-order chi connectivity index (χ1) is 11.9. The van der Waals surface area contributed by atoms with E-state index in [0.717, 1.165) is 51.4 Å². The summed E-state index contributed by atoms with van der Waals surface area (Å²) in [6, 6.07) is 0. The third kappa shape index (κ3) is 11.6. The smallest absolute Gasteiger partial charge is 0.409 e. The minimum atomic E-state index is -3.27. The summed E-state index contributed by atoms with van der Waals surface area (Å²) in [6.07, 6.45) is 8.91. The topological polar surface area (TPSA) is 94.1 Å². The summed E-state index contributed by atoms with van der Waals surface area (Å²) in [4.78, 5) is 0. The van der Waals surface area contributed by atoms with Crippen molar-refractivity contribution < 1.29 is 20.2 Å². The summed E-state index contributed by atoms with van der Waals surface area (Å²) in [5, 5.41) is 11.6. The second kappa shape index (κ2) is 14.6. The number of oxime groups is 1. The molecule has 150 valence electrons. The Morgan fingerprint density at radius 1 is 1.08 bits per heavy atom. The first-order valence-corrected chi connectivity index (χ1v) is 11.5. The van der Waals surface area contributed by atoms with Crippen LogP contribution in [0.3, 0.4) is 0 Å². The molecule has 0 saturated heterocycles. The van der Waals surface area contributed by atoms with Gasteiger partial charge < -0.3 is 20.0 Å². The molecule has 0 amide bonds. The van der Waals surface area contributed by atoms with Gasteiger partial charge in [-0.25, -0.2) is 0 Å². The van der Waals surface area contributed by atoms with Crippen LogP contribution in [-0.4, -0.2) is 30.4 Å². The maximum atomic E-state index is 13.2. The predicted molar refractivity (Wildman–Crippen MR) is 106 cm³/mol. The highest BCUT2D eigenvalue weighted by molar-refractivity contribution is 7.53. The average molecular weight is 380 g/mol. The minimum Gasteiger partial charge on any atom is -0.409 e. The van der Waals surface area contributed by atoms with Gasteiger partial charge in [0.15, 0.2) is 5.84 Å². The second-order valence-electron chi connectivity index (χ2n) is 6.79. The molecule has 7 heteroatoms. The van der Waals surface area contributed by atoms with E-state index in [0.29, 0.717) is 24.6 Å². The normalized spacial score (nSPS) is 17.2. The van der Waals surface area contributed by atoms with Gasteiger partial charge in [0.1, 0.15) is 6.61 Å². The number of amidine groups is 1. The Morgan fingerprint density at radius 3 is 2.12 bits per heavy atom. The molecule has 0 heterocycles. The number of nitrogens with two attached hydrogens (primary N) is 1. The van der Waals surface area contributed by atoms with Crippen LogP contribution in [0.2, 0.25) is 0 Å². The SMILES string of the molecule is CCCCC(CC)COP(=O)(CC(CC)CCCC)OCC(N)=NO.[H+]. The first kappa shape index (κ1) is 24.4. The van der Waals surface area contributed by atoms with Crippen LogP contribution in [0, 0.1) is 11.8 Å². The number of rotatable bonds is 16. The van der Waals surface area contributed by atoms with Gasteiger partial charge in [0.05, 0.1) is 12.8 Å². The molecule has 0 aliphatic rings. The Morgan fingerprint density at radius 2 is 1.64 bits per heavy atom. The molecule has 0 aliphatic heterocycles. The highest BCUT2D eigenvalue weighted by Gasteiger charge is 2.30. The van der Waals surface area contributed by atoms with Gasteiger partial charge in [0.25, 0.3) is 0 Å². The van der Waals surface area contributed by atoms with Gasteiger partial charge in [-0.2, -0.15) is 0 Å². The van der Waals surface area contributed by atoms with E-state index in [-0.39, 0.29) is 13.9 Å². The lowest BCUT2D eigenvalue weighted by atomic mass is 10.0. The van der Waals surface area contributed by atoms with Gasteiger partial charge in [-0.15, -0.1) is 0 Å². The number of hydrogen-bond acceptors (Lipinski definition) is 5.